The van der Waals surface area contributed by atoms with Crippen LogP contribution >= 0.6 is 0 Å². The lowest BCUT2D eigenvalue weighted by Gasteiger charge is -2.16. The zero-order valence-electron chi connectivity index (χ0n) is 14.7. The van der Waals surface area contributed by atoms with E-state index in [2.05, 4.69) is 5.32 Å². The smallest absolute Gasteiger partial charge is 0.338 e. The molecule has 2 aromatic carbocycles. The highest BCUT2D eigenvalue weighted by molar-refractivity contribution is 5.98. The first-order valence-corrected chi connectivity index (χ1v) is 7.75. The summed E-state index contributed by atoms with van der Waals surface area (Å²) in [4.78, 5) is 24.1. The van der Waals surface area contributed by atoms with Crippen molar-refractivity contribution in [2.75, 3.05) is 19.5 Å². The maximum atomic E-state index is 12.4. The van der Waals surface area contributed by atoms with E-state index in [0.717, 1.165) is 0 Å². The standard InChI is InChI=1S/C19H21NO5/c1-12-16(19(22)24-4)6-5-7-17(12)20-18(21)13(2)25-15-10-8-14(23-3)9-11-15/h5-11,13H,1-4H3,(H,20,21)/t13-/m1/s1. The van der Waals surface area contributed by atoms with Gasteiger partial charge in [0.15, 0.2) is 6.10 Å². The van der Waals surface area contributed by atoms with Crippen LogP contribution in [-0.2, 0) is 9.53 Å². The monoisotopic (exact) mass is 343 g/mol. The molecule has 0 spiro atoms. The van der Waals surface area contributed by atoms with Crippen LogP contribution in [0.15, 0.2) is 42.5 Å². The lowest BCUT2D eigenvalue weighted by atomic mass is 10.1. The van der Waals surface area contributed by atoms with Crippen molar-refractivity contribution in [3.8, 4) is 11.5 Å². The number of ether oxygens (including phenoxy) is 3. The number of hydrogen-bond acceptors (Lipinski definition) is 5. The minimum Gasteiger partial charge on any atom is -0.497 e. The summed E-state index contributed by atoms with van der Waals surface area (Å²) in [6, 6.07) is 12.0. The second-order valence-electron chi connectivity index (χ2n) is 5.39. The molecule has 6 nitrogen and oxygen atoms in total. The molecule has 25 heavy (non-hydrogen) atoms. The SMILES string of the molecule is COC(=O)c1cccc(NC(=O)[C@@H](C)Oc2ccc(OC)cc2)c1C. The molecule has 0 aliphatic carbocycles. The Morgan fingerprint density at radius 2 is 1.64 bits per heavy atom. The van der Waals surface area contributed by atoms with Gasteiger partial charge in [-0.25, -0.2) is 4.79 Å². The van der Waals surface area contributed by atoms with Crippen LogP contribution in [0.2, 0.25) is 0 Å². The van der Waals surface area contributed by atoms with Crippen molar-refractivity contribution >= 4 is 17.6 Å². The van der Waals surface area contributed by atoms with Gasteiger partial charge in [-0.2, -0.15) is 0 Å². The van der Waals surface area contributed by atoms with Crippen LogP contribution in [0.3, 0.4) is 0 Å². The van der Waals surface area contributed by atoms with Crippen molar-refractivity contribution in [1.29, 1.82) is 0 Å². The molecule has 132 valence electrons. The number of benzene rings is 2. The van der Waals surface area contributed by atoms with Crippen LogP contribution in [-0.4, -0.2) is 32.2 Å². The summed E-state index contributed by atoms with van der Waals surface area (Å²) in [6.45, 7) is 3.40. The Bertz CT molecular complexity index is 755. The van der Waals surface area contributed by atoms with E-state index >= 15 is 0 Å². The Labute approximate surface area is 146 Å². The summed E-state index contributed by atoms with van der Waals surface area (Å²) in [5, 5.41) is 2.78. The fourth-order valence-electron chi connectivity index (χ4n) is 2.25. The number of amides is 1. The maximum absolute atomic E-state index is 12.4. The van der Waals surface area contributed by atoms with Gasteiger partial charge in [-0.1, -0.05) is 6.07 Å². The van der Waals surface area contributed by atoms with E-state index in [-0.39, 0.29) is 5.91 Å². The molecule has 1 N–H and O–H groups in total. The molecule has 0 fully saturated rings. The Hall–Kier alpha value is -3.02. The fraction of sp³-hybridized carbons (Fsp3) is 0.263. The summed E-state index contributed by atoms with van der Waals surface area (Å²) < 4.78 is 15.4. The molecule has 1 amide bonds. The first kappa shape index (κ1) is 18.3. The molecular weight excluding hydrogens is 322 g/mol. The largest absolute Gasteiger partial charge is 0.497 e. The summed E-state index contributed by atoms with van der Waals surface area (Å²) in [6.07, 6.45) is -0.713. The average Bonchev–Trinajstić information content (AvgIpc) is 2.63. The Morgan fingerprint density at radius 1 is 1.00 bits per heavy atom. The molecule has 0 aliphatic heterocycles. The Morgan fingerprint density at radius 3 is 2.24 bits per heavy atom. The minimum absolute atomic E-state index is 0.319. The lowest BCUT2D eigenvalue weighted by Crippen LogP contribution is -2.30. The number of anilines is 1. The van der Waals surface area contributed by atoms with E-state index in [4.69, 9.17) is 14.2 Å². The molecule has 0 saturated heterocycles. The van der Waals surface area contributed by atoms with Crippen molar-refractivity contribution in [1.82, 2.24) is 0 Å². The number of carbonyl (C=O) groups excluding carboxylic acids is 2. The molecule has 2 rings (SSSR count). The molecule has 1 atom stereocenters. The Balaban J connectivity index is 2.06. The van der Waals surface area contributed by atoms with Crippen molar-refractivity contribution in [2.24, 2.45) is 0 Å². The third kappa shape index (κ3) is 4.50. The number of rotatable bonds is 6. The topological polar surface area (TPSA) is 73.9 Å². The molecule has 0 unspecified atom stereocenters. The van der Waals surface area contributed by atoms with Gasteiger partial charge < -0.3 is 19.5 Å². The molecule has 0 aromatic heterocycles. The number of nitrogens with one attached hydrogen (secondary N) is 1. The van der Waals surface area contributed by atoms with Crippen LogP contribution in [0.5, 0.6) is 11.5 Å². The number of esters is 1. The van der Waals surface area contributed by atoms with Gasteiger partial charge in [-0.3, -0.25) is 4.79 Å². The third-order valence-electron chi connectivity index (χ3n) is 3.74. The normalized spacial score (nSPS) is 11.4. The molecule has 0 saturated carbocycles. The summed E-state index contributed by atoms with van der Waals surface area (Å²) >= 11 is 0. The summed E-state index contributed by atoms with van der Waals surface area (Å²) in [7, 11) is 2.90. The zero-order valence-corrected chi connectivity index (χ0v) is 14.7. The van der Waals surface area contributed by atoms with Gasteiger partial charge >= 0.3 is 5.97 Å². The van der Waals surface area contributed by atoms with Gasteiger partial charge in [0.05, 0.1) is 19.8 Å². The predicted octanol–water partition coefficient (Wildman–Crippen LogP) is 3.20. The average molecular weight is 343 g/mol. The van der Waals surface area contributed by atoms with Gasteiger partial charge in [0.25, 0.3) is 5.91 Å². The van der Waals surface area contributed by atoms with E-state index < -0.39 is 12.1 Å². The van der Waals surface area contributed by atoms with Crippen LogP contribution in [0.25, 0.3) is 0 Å². The number of hydrogen-bond donors (Lipinski definition) is 1. The first-order valence-electron chi connectivity index (χ1n) is 7.75. The van der Waals surface area contributed by atoms with Crippen molar-refractivity contribution in [3.05, 3.63) is 53.6 Å². The molecule has 0 heterocycles. The van der Waals surface area contributed by atoms with Gasteiger partial charge in [-0.15, -0.1) is 0 Å². The minimum atomic E-state index is -0.713. The summed E-state index contributed by atoms with van der Waals surface area (Å²) in [5.74, 6) is 0.500. The third-order valence-corrected chi connectivity index (χ3v) is 3.74. The van der Waals surface area contributed by atoms with Crippen LogP contribution in [0.1, 0.15) is 22.8 Å². The lowest BCUT2D eigenvalue weighted by molar-refractivity contribution is -0.122. The highest BCUT2D eigenvalue weighted by atomic mass is 16.5. The van der Waals surface area contributed by atoms with E-state index in [9.17, 15) is 9.59 Å². The predicted molar refractivity (Wildman–Crippen MR) is 94.2 cm³/mol. The molecular formula is C19H21NO5. The molecule has 6 heteroatoms. The van der Waals surface area contributed by atoms with Gasteiger partial charge in [0.2, 0.25) is 0 Å². The number of carbonyl (C=O) groups is 2. The molecule has 0 aliphatic rings. The number of methoxy groups -OCH3 is 2. The van der Waals surface area contributed by atoms with E-state index in [1.54, 1.807) is 63.4 Å². The van der Waals surface area contributed by atoms with Crippen molar-refractivity contribution in [3.63, 3.8) is 0 Å². The zero-order chi connectivity index (χ0) is 18.4. The van der Waals surface area contributed by atoms with Crippen molar-refractivity contribution in [2.45, 2.75) is 20.0 Å². The van der Waals surface area contributed by atoms with Gasteiger partial charge in [-0.05, 0) is 55.8 Å². The van der Waals surface area contributed by atoms with Crippen LogP contribution in [0.4, 0.5) is 5.69 Å². The quantitative estimate of drug-likeness (QED) is 0.816. The second kappa shape index (κ2) is 8.19. The van der Waals surface area contributed by atoms with Crippen LogP contribution in [0, 0.1) is 6.92 Å². The van der Waals surface area contributed by atoms with Crippen LogP contribution < -0.4 is 14.8 Å². The summed E-state index contributed by atoms with van der Waals surface area (Å²) in [5.41, 5.74) is 1.58. The fourth-order valence-corrected chi connectivity index (χ4v) is 2.25. The van der Waals surface area contributed by atoms with Gasteiger partial charge in [0.1, 0.15) is 11.5 Å². The first-order chi connectivity index (χ1) is 12.0. The highest BCUT2D eigenvalue weighted by Crippen LogP contribution is 2.21. The van der Waals surface area contributed by atoms with E-state index in [1.807, 2.05) is 0 Å². The second-order valence-corrected chi connectivity index (χ2v) is 5.39. The van der Waals surface area contributed by atoms with E-state index in [1.165, 1.54) is 7.11 Å². The molecule has 0 radical (unpaired) electrons. The maximum Gasteiger partial charge on any atom is 0.338 e. The van der Waals surface area contributed by atoms with Crippen molar-refractivity contribution < 1.29 is 23.8 Å². The van der Waals surface area contributed by atoms with Gasteiger partial charge in [0, 0.05) is 5.69 Å². The molecule has 2 aromatic rings. The Kier molecular flexibility index (Phi) is 6.00. The van der Waals surface area contributed by atoms with E-state index in [0.29, 0.717) is 28.3 Å². The molecule has 0 bridgehead atoms. The highest BCUT2D eigenvalue weighted by Gasteiger charge is 2.18.